The summed E-state index contributed by atoms with van der Waals surface area (Å²) in [6, 6.07) is 7.77. The zero-order valence-electron chi connectivity index (χ0n) is 7.87. The van der Waals surface area contributed by atoms with Crippen molar-refractivity contribution in [1.82, 2.24) is 0 Å². The number of benzene rings is 1. The molecule has 1 aliphatic carbocycles. The van der Waals surface area contributed by atoms with Crippen LogP contribution >= 0.6 is 23.4 Å². The number of hydrogen-bond acceptors (Lipinski definition) is 2. The molecule has 0 spiro atoms. The summed E-state index contributed by atoms with van der Waals surface area (Å²) in [6.07, 6.45) is 3.02. The smallest absolute Gasteiger partial charge is 0.0741 e. The summed E-state index contributed by atoms with van der Waals surface area (Å²) in [6.45, 7) is 0. The predicted molar refractivity (Wildman–Crippen MR) is 61.0 cm³/mol. The fourth-order valence-electron chi connectivity index (χ4n) is 1.50. The Kier molecular flexibility index (Phi) is 3.05. The Labute approximate surface area is 93.5 Å². The van der Waals surface area contributed by atoms with Gasteiger partial charge in [0.1, 0.15) is 0 Å². The second kappa shape index (κ2) is 4.13. The Morgan fingerprint density at radius 3 is 2.64 bits per heavy atom. The predicted octanol–water partition coefficient (Wildman–Crippen LogP) is 3.35. The second-order valence-corrected chi connectivity index (χ2v) is 5.22. The first-order chi connectivity index (χ1) is 6.70. The van der Waals surface area contributed by atoms with Gasteiger partial charge in [-0.2, -0.15) is 0 Å². The maximum absolute atomic E-state index is 9.90. The van der Waals surface area contributed by atoms with Crippen LogP contribution in [-0.2, 0) is 0 Å². The third-order valence-electron chi connectivity index (χ3n) is 2.62. The van der Waals surface area contributed by atoms with Crippen LogP contribution in [0.1, 0.15) is 19.3 Å². The number of halogens is 1. The van der Waals surface area contributed by atoms with E-state index in [2.05, 4.69) is 0 Å². The molecule has 1 aromatic carbocycles. The Balaban J connectivity index is 1.95. The van der Waals surface area contributed by atoms with Crippen LogP contribution in [-0.4, -0.2) is 16.5 Å². The van der Waals surface area contributed by atoms with Crippen LogP contribution in [0, 0.1) is 0 Å². The quantitative estimate of drug-likeness (QED) is 0.801. The third kappa shape index (κ3) is 2.25. The molecule has 2 rings (SSSR count). The van der Waals surface area contributed by atoms with Crippen molar-refractivity contribution in [3.05, 3.63) is 29.3 Å². The Morgan fingerprint density at radius 1 is 1.36 bits per heavy atom. The fourth-order valence-corrected chi connectivity index (χ4v) is 2.90. The van der Waals surface area contributed by atoms with Gasteiger partial charge in [-0.3, -0.25) is 0 Å². The van der Waals surface area contributed by atoms with Crippen LogP contribution in [0.4, 0.5) is 0 Å². The molecule has 0 aromatic heterocycles. The van der Waals surface area contributed by atoms with Crippen LogP contribution in [0.5, 0.6) is 0 Å². The van der Waals surface area contributed by atoms with Gasteiger partial charge in [0.05, 0.1) is 10.6 Å². The summed E-state index contributed by atoms with van der Waals surface area (Å²) < 4.78 is 0. The first-order valence-electron chi connectivity index (χ1n) is 4.79. The SMILES string of the molecule is OC1(CSc2ccccc2Cl)CCC1. The lowest BCUT2D eigenvalue weighted by Gasteiger charge is -2.36. The molecule has 1 N–H and O–H groups in total. The maximum Gasteiger partial charge on any atom is 0.0741 e. The molecule has 0 radical (unpaired) electrons. The lowest BCUT2D eigenvalue weighted by molar-refractivity contribution is -0.00988. The Hall–Kier alpha value is -0.180. The molecule has 1 aliphatic rings. The summed E-state index contributed by atoms with van der Waals surface area (Å²) in [5.74, 6) is 0.761. The van der Waals surface area contributed by atoms with E-state index in [4.69, 9.17) is 11.6 Å². The number of rotatable bonds is 3. The molecule has 76 valence electrons. The van der Waals surface area contributed by atoms with Crippen molar-refractivity contribution in [2.45, 2.75) is 29.8 Å². The molecule has 0 saturated heterocycles. The average molecular weight is 229 g/mol. The van der Waals surface area contributed by atoms with Crippen LogP contribution in [0.3, 0.4) is 0 Å². The number of thioether (sulfide) groups is 1. The number of hydrogen-bond donors (Lipinski definition) is 1. The average Bonchev–Trinajstić information content (AvgIpc) is 2.14. The first-order valence-corrected chi connectivity index (χ1v) is 6.16. The van der Waals surface area contributed by atoms with E-state index in [0.717, 1.165) is 34.9 Å². The van der Waals surface area contributed by atoms with Gasteiger partial charge in [-0.25, -0.2) is 0 Å². The summed E-state index contributed by atoms with van der Waals surface area (Å²) >= 11 is 7.66. The van der Waals surface area contributed by atoms with E-state index in [0.29, 0.717) is 0 Å². The Bertz CT molecular complexity index is 323. The van der Waals surface area contributed by atoms with Gasteiger partial charge in [-0.05, 0) is 31.4 Å². The molecule has 0 bridgehead atoms. The van der Waals surface area contributed by atoms with E-state index in [-0.39, 0.29) is 0 Å². The van der Waals surface area contributed by atoms with Crippen LogP contribution in [0.25, 0.3) is 0 Å². The highest BCUT2D eigenvalue weighted by Gasteiger charge is 2.34. The lowest BCUT2D eigenvalue weighted by Crippen LogP contribution is -2.39. The van der Waals surface area contributed by atoms with Crippen molar-refractivity contribution in [3.8, 4) is 0 Å². The molecule has 0 aliphatic heterocycles. The summed E-state index contributed by atoms with van der Waals surface area (Å²) in [7, 11) is 0. The van der Waals surface area contributed by atoms with Gasteiger partial charge in [0, 0.05) is 10.6 Å². The highest BCUT2D eigenvalue weighted by atomic mass is 35.5. The van der Waals surface area contributed by atoms with Crippen molar-refractivity contribution in [3.63, 3.8) is 0 Å². The molecule has 3 heteroatoms. The highest BCUT2D eigenvalue weighted by molar-refractivity contribution is 7.99. The lowest BCUT2D eigenvalue weighted by atomic mass is 9.82. The summed E-state index contributed by atoms with van der Waals surface area (Å²) in [4.78, 5) is 1.06. The van der Waals surface area contributed by atoms with Gasteiger partial charge < -0.3 is 5.11 Å². The zero-order valence-corrected chi connectivity index (χ0v) is 9.44. The van der Waals surface area contributed by atoms with E-state index in [1.54, 1.807) is 11.8 Å². The van der Waals surface area contributed by atoms with Crippen LogP contribution in [0.2, 0.25) is 5.02 Å². The largest absolute Gasteiger partial charge is 0.389 e. The highest BCUT2D eigenvalue weighted by Crippen LogP contribution is 2.38. The molecule has 1 nitrogen and oxygen atoms in total. The maximum atomic E-state index is 9.90. The van der Waals surface area contributed by atoms with Crippen molar-refractivity contribution < 1.29 is 5.11 Å². The van der Waals surface area contributed by atoms with E-state index >= 15 is 0 Å². The third-order valence-corrected chi connectivity index (χ3v) is 4.41. The van der Waals surface area contributed by atoms with Crippen molar-refractivity contribution in [2.24, 2.45) is 0 Å². The minimum atomic E-state index is -0.427. The molecule has 0 heterocycles. The van der Waals surface area contributed by atoms with Crippen molar-refractivity contribution in [1.29, 1.82) is 0 Å². The molecule has 14 heavy (non-hydrogen) atoms. The minimum absolute atomic E-state index is 0.427. The second-order valence-electron chi connectivity index (χ2n) is 3.80. The molecule has 0 unspecified atom stereocenters. The van der Waals surface area contributed by atoms with Crippen molar-refractivity contribution >= 4 is 23.4 Å². The molecule has 1 aromatic rings. The van der Waals surface area contributed by atoms with Crippen LogP contribution in [0.15, 0.2) is 29.2 Å². The van der Waals surface area contributed by atoms with E-state index in [1.165, 1.54) is 0 Å². The fraction of sp³-hybridized carbons (Fsp3) is 0.455. The van der Waals surface area contributed by atoms with Gasteiger partial charge in [0.15, 0.2) is 0 Å². The Morgan fingerprint density at radius 2 is 2.07 bits per heavy atom. The monoisotopic (exact) mass is 228 g/mol. The molecule has 0 atom stereocenters. The van der Waals surface area contributed by atoms with E-state index in [9.17, 15) is 5.11 Å². The van der Waals surface area contributed by atoms with Crippen molar-refractivity contribution in [2.75, 3.05) is 5.75 Å². The standard InChI is InChI=1S/C11H13ClOS/c12-9-4-1-2-5-10(9)14-8-11(13)6-3-7-11/h1-2,4-5,13H,3,6-8H2. The molecule has 1 fully saturated rings. The topological polar surface area (TPSA) is 20.2 Å². The summed E-state index contributed by atoms with van der Waals surface area (Å²) in [5, 5.41) is 10.7. The first kappa shape index (κ1) is 10.3. The normalized spacial score (nSPS) is 19.0. The molecular weight excluding hydrogens is 216 g/mol. The van der Waals surface area contributed by atoms with Gasteiger partial charge in [0.25, 0.3) is 0 Å². The molecule has 0 amide bonds. The minimum Gasteiger partial charge on any atom is -0.389 e. The molecular formula is C11H13ClOS. The number of aliphatic hydroxyl groups is 1. The van der Waals surface area contributed by atoms with Gasteiger partial charge in [-0.15, -0.1) is 11.8 Å². The van der Waals surface area contributed by atoms with Gasteiger partial charge in [-0.1, -0.05) is 23.7 Å². The van der Waals surface area contributed by atoms with E-state index in [1.807, 2.05) is 24.3 Å². The molecule has 1 saturated carbocycles. The van der Waals surface area contributed by atoms with Gasteiger partial charge >= 0.3 is 0 Å². The van der Waals surface area contributed by atoms with E-state index < -0.39 is 5.60 Å². The van der Waals surface area contributed by atoms with Gasteiger partial charge in [0.2, 0.25) is 0 Å². The zero-order chi connectivity index (χ0) is 10.0. The van der Waals surface area contributed by atoms with Crippen LogP contribution < -0.4 is 0 Å². The summed E-state index contributed by atoms with van der Waals surface area (Å²) in [5.41, 5.74) is -0.427.